The van der Waals surface area contributed by atoms with Crippen molar-refractivity contribution in [2.24, 2.45) is 5.92 Å². The van der Waals surface area contributed by atoms with Crippen LogP contribution in [0.1, 0.15) is 72.9 Å². The lowest BCUT2D eigenvalue weighted by atomic mass is 9.91. The van der Waals surface area contributed by atoms with Crippen LogP contribution in [0.4, 0.5) is 5.82 Å². The van der Waals surface area contributed by atoms with Crippen molar-refractivity contribution in [3.63, 3.8) is 0 Å². The molecule has 1 atom stereocenters. The van der Waals surface area contributed by atoms with Gasteiger partial charge in [-0.1, -0.05) is 13.0 Å². The van der Waals surface area contributed by atoms with Gasteiger partial charge in [0.15, 0.2) is 5.82 Å². The summed E-state index contributed by atoms with van der Waals surface area (Å²) in [6, 6.07) is 0. The summed E-state index contributed by atoms with van der Waals surface area (Å²) in [7, 11) is 0. The van der Waals surface area contributed by atoms with Gasteiger partial charge in [-0.25, -0.2) is 0 Å². The minimum Gasteiger partial charge on any atom is -0.354 e. The molecule has 5 heteroatoms. The zero-order valence-electron chi connectivity index (χ0n) is 17.7. The number of piperidine rings is 1. The average molecular weight is 379 g/mol. The molecule has 1 fully saturated rings. The molecule has 1 aliphatic heterocycles. The number of nitrogens with zero attached hydrogens (tertiary/aromatic N) is 4. The molecule has 4 nitrogen and oxygen atoms in total. The van der Waals surface area contributed by atoms with Crippen LogP contribution in [-0.2, 0) is 6.42 Å². The molecule has 148 valence electrons. The topological polar surface area (TPSA) is 32.3 Å². The van der Waals surface area contributed by atoms with Crippen LogP contribution in [0, 0.1) is 5.92 Å². The highest BCUT2D eigenvalue weighted by Gasteiger charge is 2.33. The summed E-state index contributed by atoms with van der Waals surface area (Å²) >= 11 is 1.37. The molecule has 0 aliphatic carbocycles. The number of hydrogen-bond donors (Lipinski definition) is 0. The molecule has 26 heavy (non-hydrogen) atoms. The Hall–Kier alpha value is -0.940. The maximum atomic E-state index is 4.62. The number of hydrogen-bond acceptors (Lipinski definition) is 5. The molecule has 0 aromatic carbocycles. The highest BCUT2D eigenvalue weighted by molar-refractivity contribution is 6.99. The van der Waals surface area contributed by atoms with Gasteiger partial charge in [0.25, 0.3) is 0 Å². The second-order valence-corrected chi connectivity index (χ2v) is 9.89. The van der Waals surface area contributed by atoms with E-state index in [4.69, 9.17) is 0 Å². The zero-order valence-corrected chi connectivity index (χ0v) is 18.5. The van der Waals surface area contributed by atoms with Gasteiger partial charge in [0, 0.05) is 30.7 Å². The molecule has 0 bridgehead atoms. The van der Waals surface area contributed by atoms with Gasteiger partial charge in [0.1, 0.15) is 0 Å². The number of anilines is 1. The normalized spacial score (nSPS) is 17.6. The molecule has 0 radical (unpaired) electrons. The number of aromatic nitrogens is 2. The van der Waals surface area contributed by atoms with Crippen molar-refractivity contribution in [3.05, 3.63) is 18.3 Å². The molecule has 1 aromatic heterocycles. The van der Waals surface area contributed by atoms with Crippen LogP contribution in [0.2, 0.25) is 0 Å². The molecule has 0 unspecified atom stereocenters. The van der Waals surface area contributed by atoms with Gasteiger partial charge in [0.05, 0.1) is 17.4 Å². The minimum absolute atomic E-state index is 0.00629. The van der Waals surface area contributed by atoms with Gasteiger partial charge in [-0.05, 0) is 72.6 Å². The molecule has 2 rings (SSSR count). The van der Waals surface area contributed by atoms with Crippen LogP contribution in [-0.4, -0.2) is 44.4 Å². The zero-order chi connectivity index (χ0) is 19.4. The standard InChI is InChI=1S/C21H38N4S/c1-8-21(6,7)25(20(3,4)5)16-17(2)12-13-18-19(23-26-22-18)24-14-10-9-11-15-24/h8,17H,1,9-16H2,2-7H3/t17-/m1/s1. The fourth-order valence-corrected chi connectivity index (χ4v) is 4.59. The number of aryl methyl sites for hydroxylation is 1. The van der Waals surface area contributed by atoms with Crippen molar-refractivity contribution in [1.82, 2.24) is 13.6 Å². The lowest BCUT2D eigenvalue weighted by molar-refractivity contribution is 0.0401. The van der Waals surface area contributed by atoms with E-state index in [2.05, 4.69) is 72.7 Å². The Kier molecular flexibility index (Phi) is 7.26. The smallest absolute Gasteiger partial charge is 0.165 e. The molecule has 0 amide bonds. The molecule has 0 N–H and O–H groups in total. The molecular formula is C21H38N4S. The van der Waals surface area contributed by atoms with E-state index in [1.165, 1.54) is 36.7 Å². The third kappa shape index (κ3) is 5.53. The molecule has 1 aromatic rings. The predicted molar refractivity (Wildman–Crippen MR) is 114 cm³/mol. The van der Waals surface area contributed by atoms with Crippen LogP contribution < -0.4 is 4.90 Å². The minimum atomic E-state index is -0.00629. The van der Waals surface area contributed by atoms with Crippen molar-refractivity contribution in [3.8, 4) is 0 Å². The van der Waals surface area contributed by atoms with Crippen LogP contribution in [0.5, 0.6) is 0 Å². The van der Waals surface area contributed by atoms with Crippen molar-refractivity contribution < 1.29 is 0 Å². The highest BCUT2D eigenvalue weighted by Crippen LogP contribution is 2.29. The van der Waals surface area contributed by atoms with Gasteiger partial charge in [0.2, 0.25) is 0 Å². The molecule has 0 spiro atoms. The summed E-state index contributed by atoms with van der Waals surface area (Å²) in [6.45, 7) is 21.2. The summed E-state index contributed by atoms with van der Waals surface area (Å²) in [4.78, 5) is 5.01. The Morgan fingerprint density at radius 3 is 2.38 bits per heavy atom. The van der Waals surface area contributed by atoms with Gasteiger partial charge in [-0.2, -0.15) is 8.75 Å². The average Bonchev–Trinajstić information content (AvgIpc) is 3.06. The Labute approximate surface area is 165 Å². The first kappa shape index (κ1) is 21.4. The predicted octanol–water partition coefficient (Wildman–Crippen LogP) is 5.16. The van der Waals surface area contributed by atoms with E-state index < -0.39 is 0 Å². The SMILES string of the molecule is C=CC(C)(C)N(C[C@H](C)CCc1nsnc1N1CCCCC1)C(C)(C)C. The highest BCUT2D eigenvalue weighted by atomic mass is 32.1. The lowest BCUT2D eigenvalue weighted by Gasteiger charge is -2.47. The van der Waals surface area contributed by atoms with Crippen LogP contribution >= 0.6 is 11.7 Å². The maximum Gasteiger partial charge on any atom is 0.165 e. The molecule has 1 aliphatic rings. The van der Waals surface area contributed by atoms with Gasteiger partial charge >= 0.3 is 0 Å². The van der Waals surface area contributed by atoms with Crippen molar-refractivity contribution in [2.45, 2.75) is 84.7 Å². The van der Waals surface area contributed by atoms with E-state index in [1.807, 2.05) is 0 Å². The fourth-order valence-electron chi connectivity index (χ4n) is 3.98. The summed E-state index contributed by atoms with van der Waals surface area (Å²) in [5, 5.41) is 0. The van der Waals surface area contributed by atoms with Crippen LogP contribution in [0.15, 0.2) is 12.7 Å². The summed E-state index contributed by atoms with van der Waals surface area (Å²) in [5.74, 6) is 1.75. The van der Waals surface area contributed by atoms with Crippen molar-refractivity contribution in [2.75, 3.05) is 24.5 Å². The van der Waals surface area contributed by atoms with Gasteiger partial charge in [-0.3, -0.25) is 4.90 Å². The molecule has 2 heterocycles. The third-order valence-electron chi connectivity index (χ3n) is 5.57. The summed E-state index contributed by atoms with van der Waals surface area (Å²) in [5.41, 5.74) is 1.31. The van der Waals surface area contributed by atoms with Crippen molar-refractivity contribution >= 4 is 17.5 Å². The fraction of sp³-hybridized carbons (Fsp3) is 0.810. The Morgan fingerprint density at radius 2 is 1.81 bits per heavy atom. The van der Waals surface area contributed by atoms with E-state index in [9.17, 15) is 0 Å². The quantitative estimate of drug-likeness (QED) is 0.585. The van der Waals surface area contributed by atoms with E-state index in [0.717, 1.165) is 38.3 Å². The largest absolute Gasteiger partial charge is 0.354 e. The lowest BCUT2D eigenvalue weighted by Crippen LogP contribution is -2.54. The Balaban J connectivity index is 1.97. The van der Waals surface area contributed by atoms with E-state index >= 15 is 0 Å². The maximum absolute atomic E-state index is 4.62. The molecular weight excluding hydrogens is 340 g/mol. The second kappa shape index (κ2) is 8.83. The van der Waals surface area contributed by atoms with E-state index in [0.29, 0.717) is 5.92 Å². The van der Waals surface area contributed by atoms with E-state index in [1.54, 1.807) is 0 Å². The third-order valence-corrected chi connectivity index (χ3v) is 6.12. The second-order valence-electron chi connectivity index (χ2n) is 9.37. The first-order valence-corrected chi connectivity index (χ1v) is 10.9. The van der Waals surface area contributed by atoms with Crippen LogP contribution in [0.25, 0.3) is 0 Å². The number of rotatable bonds is 8. The summed E-state index contributed by atoms with van der Waals surface area (Å²) in [6.07, 6.45) is 8.16. The van der Waals surface area contributed by atoms with Gasteiger partial charge in [-0.15, -0.1) is 6.58 Å². The monoisotopic (exact) mass is 378 g/mol. The molecule has 1 saturated heterocycles. The van der Waals surface area contributed by atoms with E-state index in [-0.39, 0.29) is 11.1 Å². The van der Waals surface area contributed by atoms with Crippen LogP contribution in [0.3, 0.4) is 0 Å². The summed E-state index contributed by atoms with van der Waals surface area (Å²) < 4.78 is 9.22. The first-order chi connectivity index (χ1) is 12.1. The molecule has 0 saturated carbocycles. The Morgan fingerprint density at radius 1 is 1.15 bits per heavy atom. The first-order valence-electron chi connectivity index (χ1n) is 10.1. The van der Waals surface area contributed by atoms with Gasteiger partial charge < -0.3 is 4.90 Å². The Bertz CT molecular complexity index is 567. The van der Waals surface area contributed by atoms with Crippen molar-refractivity contribution in [1.29, 1.82) is 0 Å².